The minimum absolute atomic E-state index is 0.0201. The maximum atomic E-state index is 14.3. The summed E-state index contributed by atoms with van der Waals surface area (Å²) in [6.45, 7) is 9.58. The average Bonchev–Trinajstić information content (AvgIpc) is 3.30. The van der Waals surface area contributed by atoms with Crippen LogP contribution in [0.5, 0.6) is 11.5 Å². The number of methoxy groups -OCH3 is 1. The van der Waals surface area contributed by atoms with Gasteiger partial charge in [-0.15, -0.1) is 6.58 Å². The van der Waals surface area contributed by atoms with Crippen molar-refractivity contribution in [1.82, 2.24) is 4.57 Å². The third kappa shape index (κ3) is 6.14. The number of thiazole rings is 1. The lowest BCUT2D eigenvalue weighted by atomic mass is 9.95. The van der Waals surface area contributed by atoms with Crippen molar-refractivity contribution in [2.45, 2.75) is 39.8 Å². The van der Waals surface area contributed by atoms with Crippen LogP contribution in [0.1, 0.15) is 47.7 Å². The van der Waals surface area contributed by atoms with Crippen LogP contribution < -0.4 is 24.4 Å². The minimum atomic E-state index is -0.687. The number of benzene rings is 3. The first-order valence-corrected chi connectivity index (χ1v) is 15.0. The summed E-state index contributed by atoms with van der Waals surface area (Å²) in [6, 6.07) is 17.2. The molecule has 0 radical (unpaired) electrons. The molecular formula is C35H33FN2O5S. The van der Waals surface area contributed by atoms with E-state index < -0.39 is 12.0 Å². The summed E-state index contributed by atoms with van der Waals surface area (Å²) in [5, 5.41) is 0. The van der Waals surface area contributed by atoms with Crippen LogP contribution >= 0.6 is 11.3 Å². The fraction of sp³-hybridized carbons (Fsp3) is 0.229. The number of hydrogen-bond acceptors (Lipinski definition) is 7. The number of fused-ring (bicyclic) bond motifs is 1. The lowest BCUT2D eigenvalue weighted by molar-refractivity contribution is -0.139. The quantitative estimate of drug-likeness (QED) is 0.173. The molecule has 1 atom stereocenters. The monoisotopic (exact) mass is 612 g/mol. The maximum absolute atomic E-state index is 14.3. The molecule has 0 fully saturated rings. The van der Waals surface area contributed by atoms with Gasteiger partial charge < -0.3 is 14.2 Å². The molecule has 2 heterocycles. The molecule has 0 spiro atoms. The Morgan fingerprint density at radius 1 is 1.11 bits per heavy atom. The number of carbonyl (C=O) groups excluding carboxylic acids is 1. The zero-order chi connectivity index (χ0) is 31.4. The highest BCUT2D eigenvalue weighted by Crippen LogP contribution is 2.35. The third-order valence-electron chi connectivity index (χ3n) is 7.28. The van der Waals surface area contributed by atoms with Gasteiger partial charge in [0.05, 0.1) is 35.6 Å². The summed E-state index contributed by atoms with van der Waals surface area (Å²) in [4.78, 5) is 32.3. The van der Waals surface area contributed by atoms with E-state index in [1.165, 1.54) is 24.5 Å². The topological polar surface area (TPSA) is 79.1 Å². The molecule has 9 heteroatoms. The van der Waals surface area contributed by atoms with Crippen molar-refractivity contribution in [2.24, 2.45) is 4.99 Å². The molecule has 0 bridgehead atoms. The molecule has 3 aromatic carbocycles. The third-order valence-corrected chi connectivity index (χ3v) is 8.26. The Morgan fingerprint density at radius 3 is 2.55 bits per heavy atom. The summed E-state index contributed by atoms with van der Waals surface area (Å²) in [5.74, 6) is 0.0634. The first-order valence-electron chi connectivity index (χ1n) is 14.2. The number of nitrogens with zero attached hydrogens (tertiary/aromatic N) is 2. The molecule has 1 aliphatic rings. The fourth-order valence-corrected chi connectivity index (χ4v) is 6.21. The Morgan fingerprint density at radius 2 is 1.86 bits per heavy atom. The van der Waals surface area contributed by atoms with Crippen LogP contribution in [-0.2, 0) is 22.6 Å². The average molecular weight is 613 g/mol. The molecule has 44 heavy (non-hydrogen) atoms. The van der Waals surface area contributed by atoms with Gasteiger partial charge in [-0.05, 0) is 62.6 Å². The summed E-state index contributed by atoms with van der Waals surface area (Å²) in [6.07, 6.45) is 3.97. The number of ether oxygens (including phenoxy) is 3. The number of allylic oxidation sites excluding steroid dienone is 2. The van der Waals surface area contributed by atoms with E-state index in [0.29, 0.717) is 49.7 Å². The molecule has 1 aromatic heterocycles. The lowest BCUT2D eigenvalue weighted by Gasteiger charge is -2.24. The number of aryl methyl sites for hydroxylation is 1. The number of rotatable bonds is 10. The second-order valence-electron chi connectivity index (χ2n) is 10.3. The normalized spacial score (nSPS) is 14.6. The van der Waals surface area contributed by atoms with Crippen LogP contribution in [0.2, 0.25) is 0 Å². The molecule has 1 aliphatic heterocycles. The van der Waals surface area contributed by atoms with Crippen LogP contribution in [0.25, 0.3) is 6.08 Å². The molecule has 0 aliphatic carbocycles. The SMILES string of the molecule is C=CCc1cc(/C=c2/sc3n(c2=O)[C@@H](c2ccc(C)cc2)C(C(=O)OCC)=C(C)N=3)cc(OC)c1OCc1ccccc1F. The Kier molecular flexibility index (Phi) is 9.25. The first-order chi connectivity index (χ1) is 21.2. The van der Waals surface area contributed by atoms with Crippen molar-refractivity contribution in [3.8, 4) is 11.5 Å². The van der Waals surface area contributed by atoms with Crippen molar-refractivity contribution in [1.29, 1.82) is 0 Å². The zero-order valence-corrected chi connectivity index (χ0v) is 25.9. The van der Waals surface area contributed by atoms with E-state index in [4.69, 9.17) is 14.2 Å². The van der Waals surface area contributed by atoms with Gasteiger partial charge in [0, 0.05) is 11.1 Å². The van der Waals surface area contributed by atoms with E-state index in [1.54, 1.807) is 54.8 Å². The molecule has 0 unspecified atom stereocenters. The zero-order valence-electron chi connectivity index (χ0n) is 25.1. The van der Waals surface area contributed by atoms with E-state index in [9.17, 15) is 14.0 Å². The number of hydrogen-bond donors (Lipinski definition) is 0. The van der Waals surface area contributed by atoms with E-state index in [2.05, 4.69) is 11.6 Å². The van der Waals surface area contributed by atoms with Crippen molar-refractivity contribution < 1.29 is 23.4 Å². The Hall–Kier alpha value is -4.76. The van der Waals surface area contributed by atoms with Crippen molar-refractivity contribution in [3.63, 3.8) is 0 Å². The van der Waals surface area contributed by atoms with Crippen molar-refractivity contribution >= 4 is 23.4 Å². The fourth-order valence-electron chi connectivity index (χ4n) is 5.16. The molecular weight excluding hydrogens is 579 g/mol. The van der Waals surface area contributed by atoms with E-state index in [-0.39, 0.29) is 24.6 Å². The summed E-state index contributed by atoms with van der Waals surface area (Å²) in [7, 11) is 1.53. The minimum Gasteiger partial charge on any atom is -0.493 e. The predicted molar refractivity (Wildman–Crippen MR) is 169 cm³/mol. The van der Waals surface area contributed by atoms with Crippen molar-refractivity contribution in [3.05, 3.63) is 138 Å². The second-order valence-corrected chi connectivity index (χ2v) is 11.3. The second kappa shape index (κ2) is 13.3. The number of halogens is 1. The van der Waals surface area contributed by atoms with Gasteiger partial charge in [0.25, 0.3) is 5.56 Å². The van der Waals surface area contributed by atoms with Gasteiger partial charge in [0.15, 0.2) is 16.3 Å². The molecule has 4 aromatic rings. The van der Waals surface area contributed by atoms with Gasteiger partial charge in [-0.1, -0.05) is 65.4 Å². The molecule has 5 rings (SSSR count). The number of carbonyl (C=O) groups is 1. The van der Waals surface area contributed by atoms with Crippen LogP contribution in [0.3, 0.4) is 0 Å². The molecule has 0 amide bonds. The molecule has 0 saturated carbocycles. The predicted octanol–water partition coefficient (Wildman–Crippen LogP) is 5.56. The molecule has 0 saturated heterocycles. The van der Waals surface area contributed by atoms with Gasteiger partial charge in [0.2, 0.25) is 0 Å². The van der Waals surface area contributed by atoms with Gasteiger partial charge in [-0.2, -0.15) is 0 Å². The summed E-state index contributed by atoms with van der Waals surface area (Å²) >= 11 is 1.24. The van der Waals surface area contributed by atoms with Gasteiger partial charge >= 0.3 is 5.97 Å². The van der Waals surface area contributed by atoms with Gasteiger partial charge in [-0.25, -0.2) is 14.2 Å². The molecule has 7 nitrogen and oxygen atoms in total. The van der Waals surface area contributed by atoms with Crippen LogP contribution in [-0.4, -0.2) is 24.3 Å². The highest BCUT2D eigenvalue weighted by molar-refractivity contribution is 7.07. The maximum Gasteiger partial charge on any atom is 0.338 e. The van der Waals surface area contributed by atoms with Gasteiger partial charge in [0.1, 0.15) is 12.4 Å². The highest BCUT2D eigenvalue weighted by atomic mass is 32.1. The van der Waals surface area contributed by atoms with Gasteiger partial charge in [-0.3, -0.25) is 9.36 Å². The molecule has 226 valence electrons. The van der Waals surface area contributed by atoms with Crippen LogP contribution in [0.4, 0.5) is 4.39 Å². The van der Waals surface area contributed by atoms with Crippen LogP contribution in [0, 0.1) is 12.7 Å². The largest absolute Gasteiger partial charge is 0.493 e. The van der Waals surface area contributed by atoms with Crippen LogP contribution in [0.15, 0.2) is 94.4 Å². The summed E-state index contributed by atoms with van der Waals surface area (Å²) in [5.41, 5.74) is 4.30. The lowest BCUT2D eigenvalue weighted by Crippen LogP contribution is -2.39. The smallest absolute Gasteiger partial charge is 0.338 e. The van der Waals surface area contributed by atoms with E-state index in [0.717, 1.165) is 16.7 Å². The van der Waals surface area contributed by atoms with E-state index in [1.807, 2.05) is 37.3 Å². The van der Waals surface area contributed by atoms with E-state index >= 15 is 0 Å². The molecule has 0 N–H and O–H groups in total. The number of aromatic nitrogens is 1. The number of esters is 1. The Bertz CT molecular complexity index is 1940. The Labute approximate surface area is 258 Å². The standard InChI is InChI=1S/C35H33FN2O5S/c1-6-10-25-17-23(18-28(41-5)32(25)43-20-26-11-8-9-12-27(26)36)19-29-33(39)38-31(24-15-13-21(3)14-16-24)30(34(40)42-7-2)22(4)37-35(38)44-29/h6,8-9,11-19,31H,1,7,10,20H2,2-5H3/b29-19+/t31-/m0/s1. The van der Waals surface area contributed by atoms with Crippen molar-refractivity contribution in [2.75, 3.05) is 13.7 Å². The summed E-state index contributed by atoms with van der Waals surface area (Å²) < 4.78 is 33.4. The Balaban J connectivity index is 1.61. The highest BCUT2D eigenvalue weighted by Gasteiger charge is 2.33. The first kappa shape index (κ1) is 30.7.